The van der Waals surface area contributed by atoms with Gasteiger partial charge in [0.25, 0.3) is 0 Å². The van der Waals surface area contributed by atoms with Crippen molar-refractivity contribution >= 4 is 5.97 Å². The van der Waals surface area contributed by atoms with Crippen LogP contribution in [0, 0.1) is 11.3 Å². The standard InChI is InChI=1S/C7H9NO2/c1-3-5(2)6(4-8)7(9)10/h3H2,1-2H3,(H,9,10). The molecule has 0 aromatic rings. The van der Waals surface area contributed by atoms with Gasteiger partial charge in [-0.25, -0.2) is 4.79 Å². The molecule has 0 unspecified atom stereocenters. The van der Waals surface area contributed by atoms with Gasteiger partial charge in [-0.15, -0.1) is 0 Å². The lowest BCUT2D eigenvalue weighted by Crippen LogP contribution is -2.00. The Morgan fingerprint density at radius 2 is 2.20 bits per heavy atom. The molecule has 0 aliphatic carbocycles. The first-order chi connectivity index (χ1) is 4.63. The molecule has 0 atom stereocenters. The average Bonchev–Trinajstić information content (AvgIpc) is 1.88. The van der Waals surface area contributed by atoms with Crippen molar-refractivity contribution in [1.82, 2.24) is 0 Å². The highest BCUT2D eigenvalue weighted by Gasteiger charge is 2.07. The van der Waals surface area contributed by atoms with Crippen LogP contribution in [0.25, 0.3) is 0 Å². The third-order valence-corrected chi connectivity index (χ3v) is 1.28. The lowest BCUT2D eigenvalue weighted by molar-refractivity contribution is -0.132. The van der Waals surface area contributed by atoms with Crippen molar-refractivity contribution in [3.63, 3.8) is 0 Å². The largest absolute Gasteiger partial charge is 0.477 e. The lowest BCUT2D eigenvalue weighted by atomic mass is 10.1. The first kappa shape index (κ1) is 8.70. The summed E-state index contributed by atoms with van der Waals surface area (Å²) in [5.74, 6) is -1.14. The lowest BCUT2D eigenvalue weighted by Gasteiger charge is -1.94. The summed E-state index contributed by atoms with van der Waals surface area (Å²) in [6.07, 6.45) is 0.606. The van der Waals surface area contributed by atoms with Crippen molar-refractivity contribution in [2.45, 2.75) is 20.3 Å². The Hall–Kier alpha value is -1.30. The Labute approximate surface area is 59.6 Å². The van der Waals surface area contributed by atoms with Crippen LogP contribution < -0.4 is 0 Å². The summed E-state index contributed by atoms with van der Waals surface area (Å²) in [6, 6.07) is 1.63. The second kappa shape index (κ2) is 3.67. The molecule has 0 heterocycles. The molecule has 0 saturated heterocycles. The van der Waals surface area contributed by atoms with Crippen LogP contribution in [0.15, 0.2) is 11.1 Å². The van der Waals surface area contributed by atoms with Crippen molar-refractivity contribution < 1.29 is 9.90 Å². The summed E-state index contributed by atoms with van der Waals surface area (Å²) in [5.41, 5.74) is 0.484. The van der Waals surface area contributed by atoms with Gasteiger partial charge in [0.2, 0.25) is 0 Å². The number of carbonyl (C=O) groups is 1. The Morgan fingerprint density at radius 3 is 2.30 bits per heavy atom. The minimum Gasteiger partial charge on any atom is -0.477 e. The zero-order valence-electron chi connectivity index (χ0n) is 6.01. The third-order valence-electron chi connectivity index (χ3n) is 1.28. The summed E-state index contributed by atoms with van der Waals surface area (Å²) < 4.78 is 0. The predicted octanol–water partition coefficient (Wildman–Crippen LogP) is 1.32. The van der Waals surface area contributed by atoms with E-state index < -0.39 is 5.97 Å². The van der Waals surface area contributed by atoms with E-state index in [9.17, 15) is 4.79 Å². The smallest absolute Gasteiger partial charge is 0.346 e. The Bertz CT molecular complexity index is 210. The number of nitriles is 1. The molecular formula is C7H9NO2. The number of carboxylic acids is 1. The number of aliphatic carboxylic acids is 1. The first-order valence-corrected chi connectivity index (χ1v) is 2.96. The van der Waals surface area contributed by atoms with Gasteiger partial charge >= 0.3 is 5.97 Å². The van der Waals surface area contributed by atoms with E-state index in [1.807, 2.05) is 6.92 Å². The molecule has 0 amide bonds. The van der Waals surface area contributed by atoms with Crippen LogP contribution in [-0.2, 0) is 4.79 Å². The number of hydrogen-bond acceptors (Lipinski definition) is 2. The van der Waals surface area contributed by atoms with E-state index in [4.69, 9.17) is 10.4 Å². The molecule has 0 aliphatic heterocycles. The first-order valence-electron chi connectivity index (χ1n) is 2.96. The molecule has 0 rings (SSSR count). The third kappa shape index (κ3) is 1.90. The molecule has 0 radical (unpaired) electrons. The van der Waals surface area contributed by atoms with E-state index in [-0.39, 0.29) is 5.57 Å². The van der Waals surface area contributed by atoms with Gasteiger partial charge in [0, 0.05) is 0 Å². The molecule has 0 saturated carbocycles. The number of allylic oxidation sites excluding steroid dienone is 1. The van der Waals surface area contributed by atoms with Crippen LogP contribution in [0.4, 0.5) is 0 Å². The van der Waals surface area contributed by atoms with E-state index >= 15 is 0 Å². The summed E-state index contributed by atoms with van der Waals surface area (Å²) in [6.45, 7) is 3.46. The van der Waals surface area contributed by atoms with Crippen molar-refractivity contribution in [2.75, 3.05) is 0 Å². The fourth-order valence-corrected chi connectivity index (χ4v) is 0.503. The second-order valence-corrected chi connectivity index (χ2v) is 1.93. The minimum atomic E-state index is -1.14. The fraction of sp³-hybridized carbons (Fsp3) is 0.429. The van der Waals surface area contributed by atoms with E-state index in [1.165, 1.54) is 0 Å². The van der Waals surface area contributed by atoms with Gasteiger partial charge in [-0.05, 0) is 18.9 Å². The summed E-state index contributed by atoms with van der Waals surface area (Å²) in [5, 5.41) is 16.7. The molecule has 10 heavy (non-hydrogen) atoms. The SMILES string of the molecule is CCC(C)=C(C#N)C(=O)O. The van der Waals surface area contributed by atoms with Gasteiger partial charge < -0.3 is 5.11 Å². The van der Waals surface area contributed by atoms with Crippen molar-refractivity contribution in [1.29, 1.82) is 5.26 Å². The molecule has 54 valence electrons. The maximum absolute atomic E-state index is 10.3. The Kier molecular flexibility index (Phi) is 3.20. The highest BCUT2D eigenvalue weighted by atomic mass is 16.4. The van der Waals surface area contributed by atoms with E-state index in [1.54, 1.807) is 13.0 Å². The summed E-state index contributed by atoms with van der Waals surface area (Å²) >= 11 is 0. The number of hydrogen-bond donors (Lipinski definition) is 1. The highest BCUT2D eigenvalue weighted by molar-refractivity contribution is 5.91. The van der Waals surface area contributed by atoms with Gasteiger partial charge in [-0.1, -0.05) is 6.92 Å². The number of nitrogens with zero attached hydrogens (tertiary/aromatic N) is 1. The summed E-state index contributed by atoms with van der Waals surface area (Å²) in [4.78, 5) is 10.3. The maximum Gasteiger partial charge on any atom is 0.346 e. The minimum absolute atomic E-state index is 0.137. The molecule has 1 N–H and O–H groups in total. The second-order valence-electron chi connectivity index (χ2n) is 1.93. The van der Waals surface area contributed by atoms with Crippen LogP contribution in [0.1, 0.15) is 20.3 Å². The Balaban J connectivity index is 4.68. The molecule has 3 heteroatoms. The monoisotopic (exact) mass is 139 g/mol. The number of carboxylic acid groups (broad SMARTS) is 1. The molecule has 0 aromatic heterocycles. The van der Waals surface area contributed by atoms with Gasteiger partial charge in [0.1, 0.15) is 11.6 Å². The normalized spacial score (nSPS) is 11.7. The van der Waals surface area contributed by atoms with Crippen molar-refractivity contribution in [3.05, 3.63) is 11.1 Å². The Morgan fingerprint density at radius 1 is 1.70 bits per heavy atom. The van der Waals surface area contributed by atoms with Crippen LogP contribution in [0.3, 0.4) is 0 Å². The maximum atomic E-state index is 10.3. The molecule has 0 spiro atoms. The average molecular weight is 139 g/mol. The van der Waals surface area contributed by atoms with Crippen LogP contribution in [0.5, 0.6) is 0 Å². The molecule has 0 aromatic carbocycles. The van der Waals surface area contributed by atoms with Gasteiger partial charge in [-0.2, -0.15) is 5.26 Å². The fourth-order valence-electron chi connectivity index (χ4n) is 0.503. The van der Waals surface area contributed by atoms with Gasteiger partial charge in [-0.3, -0.25) is 0 Å². The molecule has 3 nitrogen and oxygen atoms in total. The van der Waals surface area contributed by atoms with Crippen molar-refractivity contribution in [2.24, 2.45) is 0 Å². The zero-order chi connectivity index (χ0) is 8.15. The van der Waals surface area contributed by atoms with E-state index in [0.717, 1.165) is 0 Å². The molecule has 0 fully saturated rings. The predicted molar refractivity (Wildman–Crippen MR) is 36.2 cm³/mol. The van der Waals surface area contributed by atoms with Crippen LogP contribution in [0.2, 0.25) is 0 Å². The topological polar surface area (TPSA) is 61.1 Å². The van der Waals surface area contributed by atoms with Crippen molar-refractivity contribution in [3.8, 4) is 6.07 Å². The van der Waals surface area contributed by atoms with Crippen LogP contribution in [-0.4, -0.2) is 11.1 Å². The van der Waals surface area contributed by atoms with E-state index in [0.29, 0.717) is 12.0 Å². The molecule has 0 bridgehead atoms. The molecular weight excluding hydrogens is 130 g/mol. The van der Waals surface area contributed by atoms with Gasteiger partial charge in [0.05, 0.1) is 0 Å². The quantitative estimate of drug-likeness (QED) is 0.463. The molecule has 0 aliphatic rings. The van der Waals surface area contributed by atoms with E-state index in [2.05, 4.69) is 0 Å². The zero-order valence-corrected chi connectivity index (χ0v) is 6.01. The number of rotatable bonds is 2. The summed E-state index contributed by atoms with van der Waals surface area (Å²) in [7, 11) is 0. The van der Waals surface area contributed by atoms with Crippen LogP contribution >= 0.6 is 0 Å². The van der Waals surface area contributed by atoms with Gasteiger partial charge in [0.15, 0.2) is 0 Å². The highest BCUT2D eigenvalue weighted by Crippen LogP contribution is 2.06.